The van der Waals surface area contributed by atoms with Crippen LogP contribution in [0.15, 0.2) is 48.5 Å². The van der Waals surface area contributed by atoms with E-state index in [0.29, 0.717) is 5.56 Å². The topological polar surface area (TPSA) is 35.2 Å². The monoisotopic (exact) mass is 263 g/mol. The van der Waals surface area contributed by atoms with E-state index in [1.54, 1.807) is 30.3 Å². The van der Waals surface area contributed by atoms with Crippen molar-refractivity contribution in [1.29, 1.82) is 0 Å². The highest BCUT2D eigenvalue weighted by atomic mass is 19.1. The molecule has 0 spiro atoms. The average molecular weight is 263 g/mol. The van der Waals surface area contributed by atoms with Crippen LogP contribution in [-0.4, -0.2) is 13.7 Å². The molecule has 0 aliphatic carbocycles. The minimum absolute atomic E-state index is 0.0798. The van der Waals surface area contributed by atoms with Crippen molar-refractivity contribution in [3.63, 3.8) is 0 Å². The van der Waals surface area contributed by atoms with Crippen molar-refractivity contribution >= 4 is 0 Å². The fourth-order valence-corrected chi connectivity index (χ4v) is 2.02. The number of nitrogens with two attached hydrogens (primary N) is 1. The summed E-state index contributed by atoms with van der Waals surface area (Å²) in [4.78, 5) is 0. The molecule has 0 aliphatic heterocycles. The number of hydrogen-bond donors (Lipinski definition) is 1. The second-order valence-corrected chi connectivity index (χ2v) is 4.22. The molecule has 2 N–H and O–H groups in total. The molecule has 2 rings (SSSR count). The molecular weight excluding hydrogens is 248 g/mol. The summed E-state index contributed by atoms with van der Waals surface area (Å²) in [5, 5.41) is 0. The molecule has 2 aromatic rings. The van der Waals surface area contributed by atoms with Gasteiger partial charge in [0.2, 0.25) is 0 Å². The molecule has 0 fully saturated rings. The molecule has 2 aromatic carbocycles. The quantitative estimate of drug-likeness (QED) is 0.920. The summed E-state index contributed by atoms with van der Waals surface area (Å²) >= 11 is 0. The van der Waals surface area contributed by atoms with Crippen LogP contribution in [0.2, 0.25) is 0 Å². The zero-order chi connectivity index (χ0) is 13.9. The largest absolute Gasteiger partial charge is 0.494 e. The third-order valence-electron chi connectivity index (χ3n) is 3.12. The van der Waals surface area contributed by atoms with E-state index in [9.17, 15) is 4.39 Å². The van der Waals surface area contributed by atoms with Gasteiger partial charge in [0, 0.05) is 6.54 Å². The van der Waals surface area contributed by atoms with Crippen LogP contribution in [0.1, 0.15) is 11.1 Å². The van der Waals surface area contributed by atoms with Crippen LogP contribution in [0.5, 0.6) is 5.75 Å². The van der Waals surface area contributed by atoms with E-state index in [4.69, 9.17) is 10.5 Å². The highest BCUT2D eigenvalue weighted by molar-refractivity contribution is 5.40. The summed E-state index contributed by atoms with van der Waals surface area (Å²) in [6.07, 6.45) is 0. The third kappa shape index (κ3) is 2.44. The summed E-state index contributed by atoms with van der Waals surface area (Å²) in [6, 6.07) is 12.5. The van der Waals surface area contributed by atoms with Crippen molar-refractivity contribution in [2.45, 2.75) is 5.67 Å². The van der Waals surface area contributed by atoms with E-state index >= 15 is 4.39 Å². The lowest BCUT2D eigenvalue weighted by atomic mass is 9.88. The van der Waals surface area contributed by atoms with Crippen molar-refractivity contribution in [3.05, 3.63) is 65.5 Å². The zero-order valence-corrected chi connectivity index (χ0v) is 10.6. The Balaban J connectivity index is 2.50. The van der Waals surface area contributed by atoms with E-state index in [0.717, 1.165) is 6.07 Å². The molecule has 19 heavy (non-hydrogen) atoms. The number of benzene rings is 2. The van der Waals surface area contributed by atoms with Gasteiger partial charge in [-0.3, -0.25) is 0 Å². The van der Waals surface area contributed by atoms with Crippen molar-refractivity contribution in [1.82, 2.24) is 0 Å². The Morgan fingerprint density at radius 1 is 1.11 bits per heavy atom. The number of ether oxygens (including phenoxy) is 1. The highest BCUT2D eigenvalue weighted by Gasteiger charge is 2.33. The lowest BCUT2D eigenvalue weighted by Gasteiger charge is -2.25. The molecule has 0 aliphatic rings. The average Bonchev–Trinajstić information content (AvgIpc) is 2.47. The minimum atomic E-state index is -1.91. The van der Waals surface area contributed by atoms with Gasteiger partial charge in [0.1, 0.15) is 0 Å². The van der Waals surface area contributed by atoms with E-state index in [1.807, 2.05) is 0 Å². The Bertz CT molecular complexity index is 559. The van der Waals surface area contributed by atoms with Crippen LogP contribution < -0.4 is 10.5 Å². The second kappa shape index (κ2) is 5.36. The van der Waals surface area contributed by atoms with Crippen LogP contribution in [0, 0.1) is 5.82 Å². The zero-order valence-electron chi connectivity index (χ0n) is 10.6. The Labute approximate surface area is 110 Å². The number of halogens is 2. The molecule has 100 valence electrons. The summed E-state index contributed by atoms with van der Waals surface area (Å²) in [6.45, 7) is -0.261. The van der Waals surface area contributed by atoms with E-state index in [-0.39, 0.29) is 17.9 Å². The Morgan fingerprint density at radius 2 is 1.79 bits per heavy atom. The predicted octanol–water partition coefficient (Wildman–Crippen LogP) is 3.01. The Morgan fingerprint density at radius 3 is 2.32 bits per heavy atom. The van der Waals surface area contributed by atoms with Crippen LogP contribution in [0.3, 0.4) is 0 Å². The van der Waals surface area contributed by atoms with Crippen LogP contribution >= 0.6 is 0 Å². The molecular formula is C15H15F2NO. The molecule has 2 nitrogen and oxygen atoms in total. The molecule has 0 aromatic heterocycles. The van der Waals surface area contributed by atoms with E-state index in [2.05, 4.69) is 0 Å². The maximum Gasteiger partial charge on any atom is 0.173 e. The third-order valence-corrected chi connectivity index (χ3v) is 3.12. The number of alkyl halides is 1. The highest BCUT2D eigenvalue weighted by Crippen LogP contribution is 2.34. The summed E-state index contributed by atoms with van der Waals surface area (Å²) < 4.78 is 33.6. The van der Waals surface area contributed by atoms with Crippen molar-refractivity contribution in [2.75, 3.05) is 13.7 Å². The standard InChI is InChI=1S/C15H15F2NO/c1-19-14-8-7-12(9-13(14)16)15(17,10-18)11-5-3-2-4-6-11/h2-9H,10,18H2,1H3. The number of methoxy groups -OCH3 is 1. The minimum Gasteiger partial charge on any atom is -0.494 e. The van der Waals surface area contributed by atoms with Crippen LogP contribution in [-0.2, 0) is 5.67 Å². The van der Waals surface area contributed by atoms with Gasteiger partial charge in [-0.25, -0.2) is 8.78 Å². The lowest BCUT2D eigenvalue weighted by molar-refractivity contribution is 0.231. The fraction of sp³-hybridized carbons (Fsp3) is 0.200. The van der Waals surface area contributed by atoms with Gasteiger partial charge in [-0.1, -0.05) is 36.4 Å². The molecule has 0 amide bonds. The second-order valence-electron chi connectivity index (χ2n) is 4.22. The normalized spacial score (nSPS) is 13.9. The fourth-order valence-electron chi connectivity index (χ4n) is 2.02. The molecule has 4 heteroatoms. The van der Waals surface area contributed by atoms with Crippen LogP contribution in [0.4, 0.5) is 8.78 Å². The van der Waals surface area contributed by atoms with Crippen molar-refractivity contribution in [3.8, 4) is 5.75 Å². The molecule has 1 unspecified atom stereocenters. The van der Waals surface area contributed by atoms with Crippen molar-refractivity contribution < 1.29 is 13.5 Å². The summed E-state index contributed by atoms with van der Waals surface area (Å²) in [5.41, 5.74) is 4.24. The van der Waals surface area contributed by atoms with Crippen LogP contribution in [0.25, 0.3) is 0 Å². The first-order valence-corrected chi connectivity index (χ1v) is 5.90. The maximum atomic E-state index is 15.1. The first kappa shape index (κ1) is 13.5. The van der Waals surface area contributed by atoms with Gasteiger partial charge in [0.05, 0.1) is 7.11 Å². The van der Waals surface area contributed by atoms with Gasteiger partial charge in [-0.2, -0.15) is 0 Å². The first-order valence-electron chi connectivity index (χ1n) is 5.90. The van der Waals surface area contributed by atoms with E-state index in [1.165, 1.54) is 19.2 Å². The smallest absolute Gasteiger partial charge is 0.173 e. The molecule has 0 heterocycles. The molecule has 1 atom stereocenters. The lowest BCUT2D eigenvalue weighted by Crippen LogP contribution is -2.31. The molecule has 0 saturated heterocycles. The SMILES string of the molecule is COc1ccc(C(F)(CN)c2ccccc2)cc1F. The Kier molecular flexibility index (Phi) is 3.81. The van der Waals surface area contributed by atoms with E-state index < -0.39 is 11.5 Å². The van der Waals surface area contributed by atoms with Gasteiger partial charge in [-0.05, 0) is 23.3 Å². The van der Waals surface area contributed by atoms with Gasteiger partial charge in [-0.15, -0.1) is 0 Å². The molecule has 0 radical (unpaired) electrons. The summed E-state index contributed by atoms with van der Waals surface area (Å²) in [7, 11) is 1.36. The molecule has 0 saturated carbocycles. The van der Waals surface area contributed by atoms with Gasteiger partial charge >= 0.3 is 0 Å². The van der Waals surface area contributed by atoms with Gasteiger partial charge < -0.3 is 10.5 Å². The number of hydrogen-bond acceptors (Lipinski definition) is 2. The summed E-state index contributed by atoms with van der Waals surface area (Å²) in [5.74, 6) is -0.525. The van der Waals surface area contributed by atoms with Crippen molar-refractivity contribution in [2.24, 2.45) is 5.73 Å². The van der Waals surface area contributed by atoms with Gasteiger partial charge in [0.15, 0.2) is 17.2 Å². The predicted molar refractivity (Wildman–Crippen MR) is 70.3 cm³/mol. The molecule has 0 bridgehead atoms. The van der Waals surface area contributed by atoms with Gasteiger partial charge in [0.25, 0.3) is 0 Å². The maximum absolute atomic E-state index is 15.1. The Hall–Kier alpha value is -1.94. The number of rotatable bonds is 4. The first-order chi connectivity index (χ1) is 9.11.